The summed E-state index contributed by atoms with van der Waals surface area (Å²) in [4.78, 5) is 0. The Morgan fingerprint density at radius 1 is 1.16 bits per heavy atom. The Morgan fingerprint density at radius 2 is 1.79 bits per heavy atom. The van der Waals surface area contributed by atoms with Crippen LogP contribution in [0.15, 0.2) is 24.3 Å². The molecular formula is C15H23ClMgO2. The first-order valence-electron chi connectivity index (χ1n) is 6.60. The van der Waals surface area contributed by atoms with Crippen LogP contribution in [-0.2, 0) is 4.74 Å². The van der Waals surface area contributed by atoms with Crippen molar-refractivity contribution < 1.29 is 21.9 Å². The molecule has 0 saturated carbocycles. The van der Waals surface area contributed by atoms with Crippen LogP contribution in [0.3, 0.4) is 0 Å². The number of hydrogen-bond donors (Lipinski definition) is 0. The van der Waals surface area contributed by atoms with E-state index < -0.39 is 0 Å². The average molecular weight is 295 g/mol. The molecule has 1 aromatic rings. The summed E-state index contributed by atoms with van der Waals surface area (Å²) in [5.74, 6) is 0.949. The fourth-order valence-corrected chi connectivity index (χ4v) is 1.52. The van der Waals surface area contributed by atoms with Crippen molar-refractivity contribution >= 4 is 23.1 Å². The van der Waals surface area contributed by atoms with Crippen LogP contribution in [0.2, 0.25) is 0 Å². The van der Waals surface area contributed by atoms with Gasteiger partial charge in [0, 0.05) is 19.0 Å². The predicted octanol–water partition coefficient (Wildman–Crippen LogP) is 0.476. The first-order valence-corrected chi connectivity index (χ1v) is 6.60. The molecule has 4 heteroatoms. The number of benzene rings is 1. The van der Waals surface area contributed by atoms with Crippen LogP contribution in [0, 0.1) is 6.07 Å². The zero-order chi connectivity index (χ0) is 12.2. The van der Waals surface area contributed by atoms with E-state index in [2.05, 4.69) is 13.0 Å². The summed E-state index contributed by atoms with van der Waals surface area (Å²) in [5.41, 5.74) is 0. The smallest absolute Gasteiger partial charge is 1.00 e. The van der Waals surface area contributed by atoms with Gasteiger partial charge in [-0.15, -0.1) is 12.1 Å². The van der Waals surface area contributed by atoms with Gasteiger partial charge in [-0.1, -0.05) is 19.8 Å². The van der Waals surface area contributed by atoms with E-state index >= 15 is 0 Å². The average Bonchev–Trinajstić information content (AvgIpc) is 2.95. The molecule has 1 aromatic carbocycles. The van der Waals surface area contributed by atoms with Crippen molar-refractivity contribution in [2.24, 2.45) is 0 Å². The van der Waals surface area contributed by atoms with Crippen molar-refractivity contribution in [1.82, 2.24) is 0 Å². The minimum absolute atomic E-state index is 0. The van der Waals surface area contributed by atoms with Crippen molar-refractivity contribution in [3.05, 3.63) is 30.3 Å². The molecule has 104 valence electrons. The van der Waals surface area contributed by atoms with Crippen LogP contribution in [-0.4, -0.2) is 42.9 Å². The second kappa shape index (κ2) is 16.1. The molecule has 0 radical (unpaired) electrons. The summed E-state index contributed by atoms with van der Waals surface area (Å²) in [7, 11) is 0. The molecule has 2 rings (SSSR count). The molecule has 0 unspecified atom stereocenters. The molecule has 2 nitrogen and oxygen atoms in total. The molecule has 1 saturated heterocycles. The molecule has 0 bridgehead atoms. The second-order valence-electron chi connectivity index (χ2n) is 4.11. The first-order chi connectivity index (χ1) is 8.43. The van der Waals surface area contributed by atoms with Gasteiger partial charge in [-0.2, -0.15) is 18.2 Å². The van der Waals surface area contributed by atoms with E-state index in [1.807, 2.05) is 24.3 Å². The molecule has 0 atom stereocenters. The summed E-state index contributed by atoms with van der Waals surface area (Å²) in [6.45, 7) is 5.02. The Kier molecular flexibility index (Phi) is 18.1. The molecule has 0 aliphatic carbocycles. The summed E-state index contributed by atoms with van der Waals surface area (Å²) in [6.07, 6.45) is 6.19. The summed E-state index contributed by atoms with van der Waals surface area (Å²) < 4.78 is 10.4. The fourth-order valence-electron chi connectivity index (χ4n) is 1.52. The van der Waals surface area contributed by atoms with Gasteiger partial charge in [0.2, 0.25) is 0 Å². The third-order valence-electron chi connectivity index (χ3n) is 2.53. The Bertz CT molecular complexity index is 258. The van der Waals surface area contributed by atoms with E-state index in [0.29, 0.717) is 0 Å². The molecule has 0 N–H and O–H groups in total. The fraction of sp³-hybridized carbons (Fsp3) is 0.600. The maximum Gasteiger partial charge on any atom is 2.00 e. The summed E-state index contributed by atoms with van der Waals surface area (Å²) >= 11 is 0. The van der Waals surface area contributed by atoms with Gasteiger partial charge in [-0.3, -0.25) is 0 Å². The van der Waals surface area contributed by atoms with Gasteiger partial charge in [-0.25, -0.2) is 0 Å². The predicted molar refractivity (Wildman–Crippen MR) is 76.1 cm³/mol. The molecule has 0 amide bonds. The normalized spacial score (nSPS) is 12.5. The van der Waals surface area contributed by atoms with Crippen LogP contribution in [0.1, 0.15) is 39.0 Å². The molecule has 0 aromatic heterocycles. The van der Waals surface area contributed by atoms with Gasteiger partial charge in [0.05, 0.1) is 6.61 Å². The van der Waals surface area contributed by atoms with E-state index in [1.165, 1.54) is 25.7 Å². The minimum atomic E-state index is 0. The van der Waals surface area contributed by atoms with E-state index in [9.17, 15) is 0 Å². The second-order valence-corrected chi connectivity index (χ2v) is 4.11. The molecule has 1 heterocycles. The first kappa shape index (κ1) is 21.3. The topological polar surface area (TPSA) is 18.5 Å². The number of halogens is 1. The van der Waals surface area contributed by atoms with Gasteiger partial charge >= 0.3 is 23.1 Å². The van der Waals surface area contributed by atoms with E-state index in [1.54, 1.807) is 0 Å². The van der Waals surface area contributed by atoms with Gasteiger partial charge in [0.15, 0.2) is 0 Å². The van der Waals surface area contributed by atoms with Crippen molar-refractivity contribution in [2.45, 2.75) is 39.0 Å². The van der Waals surface area contributed by atoms with E-state index in [0.717, 1.165) is 32.0 Å². The van der Waals surface area contributed by atoms with Crippen LogP contribution >= 0.6 is 0 Å². The number of unbranched alkanes of at least 4 members (excludes halogenated alkanes) is 2. The summed E-state index contributed by atoms with van der Waals surface area (Å²) in [5, 5.41) is 0. The van der Waals surface area contributed by atoms with Crippen molar-refractivity contribution in [2.75, 3.05) is 19.8 Å². The third kappa shape index (κ3) is 12.8. The number of rotatable bonds is 5. The molecule has 1 fully saturated rings. The Morgan fingerprint density at radius 3 is 2.26 bits per heavy atom. The Hall–Kier alpha value is 0.0362. The molecule has 19 heavy (non-hydrogen) atoms. The Balaban J connectivity index is 0. The third-order valence-corrected chi connectivity index (χ3v) is 2.53. The molecule has 0 spiro atoms. The Labute approximate surface area is 139 Å². The maximum absolute atomic E-state index is 5.49. The number of ether oxygens (including phenoxy) is 2. The van der Waals surface area contributed by atoms with Crippen LogP contribution < -0.4 is 17.1 Å². The van der Waals surface area contributed by atoms with Crippen LogP contribution in [0.5, 0.6) is 5.75 Å². The monoisotopic (exact) mass is 294 g/mol. The van der Waals surface area contributed by atoms with Crippen molar-refractivity contribution in [1.29, 1.82) is 0 Å². The zero-order valence-corrected chi connectivity index (χ0v) is 14.0. The quantitative estimate of drug-likeness (QED) is 0.447. The molecule has 1 aliphatic heterocycles. The van der Waals surface area contributed by atoms with Crippen LogP contribution in [0.25, 0.3) is 0 Å². The summed E-state index contributed by atoms with van der Waals surface area (Å²) in [6, 6.07) is 10.6. The van der Waals surface area contributed by atoms with Gasteiger partial charge < -0.3 is 21.9 Å². The van der Waals surface area contributed by atoms with Crippen molar-refractivity contribution in [3.8, 4) is 5.75 Å². The van der Waals surface area contributed by atoms with E-state index in [-0.39, 0.29) is 35.5 Å². The minimum Gasteiger partial charge on any atom is -1.00 e. The van der Waals surface area contributed by atoms with Gasteiger partial charge in [0.1, 0.15) is 0 Å². The maximum atomic E-state index is 5.49. The zero-order valence-electron chi connectivity index (χ0n) is 11.9. The largest absolute Gasteiger partial charge is 2.00 e. The molecule has 1 aliphatic rings. The van der Waals surface area contributed by atoms with Crippen molar-refractivity contribution in [3.63, 3.8) is 0 Å². The number of hydrogen-bond acceptors (Lipinski definition) is 2. The SMILES string of the molecule is C1CCOC1.CCCCCOc1cc[c-]cc1.[Cl-].[Mg+2]. The standard InChI is InChI=1S/C11H15O.C4H8O.ClH.Mg/c1-2-3-7-10-12-11-8-5-4-6-9-11;1-2-4-5-3-1;;/h5-6,8-9H,2-3,7,10H2,1H3;1-4H2;1H;/q-1;;;+2/p-1. The molecular weight excluding hydrogens is 272 g/mol. The van der Waals surface area contributed by atoms with Crippen LogP contribution in [0.4, 0.5) is 0 Å². The van der Waals surface area contributed by atoms with Gasteiger partial charge in [-0.05, 0) is 19.3 Å². The van der Waals surface area contributed by atoms with Gasteiger partial charge in [0.25, 0.3) is 0 Å². The van der Waals surface area contributed by atoms with E-state index in [4.69, 9.17) is 9.47 Å².